The normalized spacial score (nSPS) is 41.3. The number of hydrogen-bond acceptors (Lipinski definition) is 3. The van der Waals surface area contributed by atoms with Gasteiger partial charge in [0.25, 0.3) is 0 Å². The topological polar surface area (TPSA) is 46.6 Å². The Balaban J connectivity index is 1.80. The maximum absolute atomic E-state index is 12.5. The van der Waals surface area contributed by atoms with Gasteiger partial charge in [0.15, 0.2) is 0 Å². The van der Waals surface area contributed by atoms with E-state index in [-0.39, 0.29) is 29.8 Å². The van der Waals surface area contributed by atoms with Crippen molar-refractivity contribution in [2.24, 2.45) is 11.8 Å². The summed E-state index contributed by atoms with van der Waals surface area (Å²) in [5.74, 6) is -0.449. The van der Waals surface area contributed by atoms with Crippen LogP contribution in [0.15, 0.2) is 0 Å². The van der Waals surface area contributed by atoms with E-state index < -0.39 is 5.60 Å². The largest absolute Gasteiger partial charge is 0.370 e. The molecule has 0 spiro atoms. The van der Waals surface area contributed by atoms with Gasteiger partial charge in [-0.15, -0.1) is 0 Å². The molecule has 0 radical (unpaired) electrons. The second-order valence-corrected chi connectivity index (χ2v) is 7.35. The van der Waals surface area contributed by atoms with E-state index in [0.29, 0.717) is 6.54 Å². The van der Waals surface area contributed by atoms with Gasteiger partial charge in [-0.1, -0.05) is 0 Å². The number of nitrogens with zero attached hydrogens (tertiary/aromatic N) is 2. The highest BCUT2D eigenvalue weighted by Gasteiger charge is 2.67. The zero-order valence-corrected chi connectivity index (χ0v) is 12.2. The van der Waals surface area contributed by atoms with Gasteiger partial charge in [0.2, 0.25) is 11.8 Å². The Kier molecular flexibility index (Phi) is 2.61. The second kappa shape index (κ2) is 3.79. The lowest BCUT2D eigenvalue weighted by Crippen LogP contribution is -2.45. The standard InChI is InChI=1S/C14H23N2O3/c1-14-6-5-9(19-14)10-11(14)13(18)15(12(10)17)7-8-16(2,3)4/h9-11H,5-8H2,1-4H3/q+1/t9-,10-,11-,14-/m1/s1. The van der Waals surface area contributed by atoms with Crippen molar-refractivity contribution in [2.75, 3.05) is 34.2 Å². The molecule has 0 saturated carbocycles. The predicted molar refractivity (Wildman–Crippen MR) is 69.1 cm³/mol. The van der Waals surface area contributed by atoms with Crippen LogP contribution in [-0.4, -0.2) is 67.1 Å². The molecule has 5 heteroatoms. The third-order valence-corrected chi connectivity index (χ3v) is 4.84. The van der Waals surface area contributed by atoms with Gasteiger partial charge in [0.05, 0.1) is 57.8 Å². The Hall–Kier alpha value is -0.940. The molecule has 0 aromatic heterocycles. The van der Waals surface area contributed by atoms with Crippen LogP contribution < -0.4 is 0 Å². The van der Waals surface area contributed by atoms with Crippen molar-refractivity contribution >= 4 is 11.8 Å². The van der Waals surface area contributed by atoms with Crippen LogP contribution in [0.5, 0.6) is 0 Å². The first kappa shape index (κ1) is 13.1. The summed E-state index contributed by atoms with van der Waals surface area (Å²) in [6.07, 6.45) is 1.79. The number of imide groups is 1. The SMILES string of the molecule is C[C@]12CC[C@@H](O1)[C@H]1C(=O)N(CC[N+](C)(C)C)C(=O)[C@@H]12. The Morgan fingerprint density at radius 1 is 1.32 bits per heavy atom. The third-order valence-electron chi connectivity index (χ3n) is 4.84. The summed E-state index contributed by atoms with van der Waals surface area (Å²) in [7, 11) is 6.21. The van der Waals surface area contributed by atoms with Crippen molar-refractivity contribution in [3.8, 4) is 0 Å². The van der Waals surface area contributed by atoms with Crippen molar-refractivity contribution in [1.82, 2.24) is 4.90 Å². The summed E-state index contributed by atoms with van der Waals surface area (Å²) >= 11 is 0. The molecule has 0 unspecified atom stereocenters. The fourth-order valence-electron chi connectivity index (χ4n) is 3.76. The monoisotopic (exact) mass is 267 g/mol. The number of carbonyl (C=O) groups excluding carboxylic acids is 2. The number of likely N-dealkylation sites (tertiary alicyclic amines) is 1. The van der Waals surface area contributed by atoms with Crippen molar-refractivity contribution in [3.05, 3.63) is 0 Å². The smallest absolute Gasteiger partial charge is 0.236 e. The quantitative estimate of drug-likeness (QED) is 0.544. The van der Waals surface area contributed by atoms with Crippen molar-refractivity contribution < 1.29 is 18.8 Å². The zero-order valence-electron chi connectivity index (χ0n) is 12.2. The molecular formula is C14H23N2O3+. The summed E-state index contributed by atoms with van der Waals surface area (Å²) in [6, 6.07) is 0. The first-order chi connectivity index (χ1) is 8.73. The molecule has 3 fully saturated rings. The number of fused-ring (bicyclic) bond motifs is 5. The Labute approximate surface area is 114 Å². The number of ether oxygens (including phenoxy) is 1. The summed E-state index contributed by atoms with van der Waals surface area (Å²) in [5.41, 5.74) is -0.395. The minimum atomic E-state index is -0.395. The molecule has 0 aromatic carbocycles. The van der Waals surface area contributed by atoms with Crippen LogP contribution in [-0.2, 0) is 14.3 Å². The Morgan fingerprint density at radius 2 is 2.00 bits per heavy atom. The van der Waals surface area contributed by atoms with Crippen LogP contribution in [0.2, 0.25) is 0 Å². The van der Waals surface area contributed by atoms with E-state index >= 15 is 0 Å². The van der Waals surface area contributed by atoms with E-state index in [1.807, 2.05) is 6.92 Å². The molecule has 19 heavy (non-hydrogen) atoms. The molecule has 2 bridgehead atoms. The number of likely N-dealkylation sites (N-methyl/N-ethyl adjacent to an activating group) is 1. The number of rotatable bonds is 3. The number of carbonyl (C=O) groups is 2. The summed E-state index contributed by atoms with van der Waals surface area (Å²) in [6.45, 7) is 3.31. The summed E-state index contributed by atoms with van der Waals surface area (Å²) in [4.78, 5) is 26.5. The average Bonchev–Trinajstić information content (AvgIpc) is 2.86. The van der Waals surface area contributed by atoms with Gasteiger partial charge in [-0.05, 0) is 19.8 Å². The molecule has 5 nitrogen and oxygen atoms in total. The zero-order chi connectivity index (χ0) is 14.0. The number of quaternary nitrogens is 1. The fraction of sp³-hybridized carbons (Fsp3) is 0.857. The van der Waals surface area contributed by atoms with Gasteiger partial charge in [0, 0.05) is 0 Å². The van der Waals surface area contributed by atoms with Crippen molar-refractivity contribution in [1.29, 1.82) is 0 Å². The third kappa shape index (κ3) is 1.82. The number of amides is 2. The Bertz CT molecular complexity index is 442. The average molecular weight is 267 g/mol. The van der Waals surface area contributed by atoms with E-state index in [2.05, 4.69) is 21.1 Å². The van der Waals surface area contributed by atoms with Gasteiger partial charge < -0.3 is 9.22 Å². The van der Waals surface area contributed by atoms with Gasteiger partial charge >= 0.3 is 0 Å². The maximum atomic E-state index is 12.5. The molecular weight excluding hydrogens is 244 g/mol. The van der Waals surface area contributed by atoms with Crippen LogP contribution >= 0.6 is 0 Å². The Morgan fingerprint density at radius 3 is 2.58 bits per heavy atom. The fourth-order valence-corrected chi connectivity index (χ4v) is 3.76. The second-order valence-electron chi connectivity index (χ2n) is 7.35. The highest BCUT2D eigenvalue weighted by atomic mass is 16.5. The molecule has 3 saturated heterocycles. The molecule has 2 amide bonds. The van der Waals surface area contributed by atoms with Crippen LogP contribution in [0.4, 0.5) is 0 Å². The van der Waals surface area contributed by atoms with Crippen molar-refractivity contribution in [3.63, 3.8) is 0 Å². The lowest BCUT2D eigenvalue weighted by molar-refractivity contribution is -0.869. The molecule has 4 atom stereocenters. The van der Waals surface area contributed by atoms with E-state index in [1.54, 1.807) is 0 Å². The van der Waals surface area contributed by atoms with Crippen molar-refractivity contribution in [2.45, 2.75) is 31.5 Å². The van der Waals surface area contributed by atoms with E-state index in [4.69, 9.17) is 4.74 Å². The molecule has 3 aliphatic heterocycles. The van der Waals surface area contributed by atoms with Gasteiger partial charge in [-0.3, -0.25) is 14.5 Å². The minimum Gasteiger partial charge on any atom is -0.370 e. The highest BCUT2D eigenvalue weighted by molar-refractivity contribution is 6.06. The van der Waals surface area contributed by atoms with Gasteiger partial charge in [-0.2, -0.15) is 0 Å². The van der Waals surface area contributed by atoms with Crippen LogP contribution in [0.3, 0.4) is 0 Å². The molecule has 0 aliphatic carbocycles. The lowest BCUT2D eigenvalue weighted by Gasteiger charge is -2.28. The van der Waals surface area contributed by atoms with E-state index in [9.17, 15) is 9.59 Å². The first-order valence-corrected chi connectivity index (χ1v) is 7.06. The molecule has 3 heterocycles. The van der Waals surface area contributed by atoms with E-state index in [0.717, 1.165) is 23.9 Å². The predicted octanol–water partition coefficient (Wildman–Crippen LogP) is 0.245. The summed E-state index contributed by atoms with van der Waals surface area (Å²) < 4.78 is 6.64. The molecule has 3 aliphatic rings. The minimum absolute atomic E-state index is 0.00289. The maximum Gasteiger partial charge on any atom is 0.236 e. The molecule has 106 valence electrons. The molecule has 3 rings (SSSR count). The van der Waals surface area contributed by atoms with Crippen LogP contribution in [0.25, 0.3) is 0 Å². The van der Waals surface area contributed by atoms with Crippen LogP contribution in [0, 0.1) is 11.8 Å². The lowest BCUT2D eigenvalue weighted by atomic mass is 9.74. The molecule has 0 aromatic rings. The van der Waals surface area contributed by atoms with Crippen LogP contribution in [0.1, 0.15) is 19.8 Å². The highest BCUT2D eigenvalue weighted by Crippen LogP contribution is 2.54. The summed E-state index contributed by atoms with van der Waals surface area (Å²) in [5, 5.41) is 0. The first-order valence-electron chi connectivity index (χ1n) is 7.06. The van der Waals surface area contributed by atoms with Gasteiger partial charge in [-0.25, -0.2) is 0 Å². The van der Waals surface area contributed by atoms with E-state index in [1.165, 1.54) is 4.90 Å². The number of hydrogen-bond donors (Lipinski definition) is 0. The van der Waals surface area contributed by atoms with Gasteiger partial charge in [0.1, 0.15) is 0 Å². The molecule has 0 N–H and O–H groups in total.